The molecule has 0 amide bonds. The summed E-state index contributed by atoms with van der Waals surface area (Å²) < 4.78 is 115. The summed E-state index contributed by atoms with van der Waals surface area (Å²) >= 11 is 0. The van der Waals surface area contributed by atoms with Gasteiger partial charge in [-0.05, 0) is 133 Å². The number of hydrogen-bond donors (Lipinski definition) is 3. The van der Waals surface area contributed by atoms with E-state index in [4.69, 9.17) is 85.3 Å². The van der Waals surface area contributed by atoms with E-state index in [0.29, 0.717) is 0 Å². The molecular formula is C101H86O32. The van der Waals surface area contributed by atoms with Crippen LogP contribution in [0.3, 0.4) is 0 Å². The molecule has 4 aliphatic rings. The average Bonchev–Trinajstić information content (AvgIpc) is 0.774. The van der Waals surface area contributed by atoms with Gasteiger partial charge in [0.1, 0.15) is 43.2 Å². The Morgan fingerprint density at radius 1 is 0.188 bits per heavy atom. The van der Waals surface area contributed by atoms with Gasteiger partial charge in [-0.25, -0.2) is 52.7 Å². The number of rotatable bonds is 32. The normalized spacial score (nSPS) is 24.8. The van der Waals surface area contributed by atoms with E-state index >= 15 is 9.59 Å². The monoisotopic (exact) mass is 1810 g/mol. The molecule has 32 nitrogen and oxygen atoms in total. The van der Waals surface area contributed by atoms with Crippen molar-refractivity contribution in [2.45, 2.75) is 123 Å². The topological polar surface area (TPSA) is 415 Å². The first-order chi connectivity index (χ1) is 64.8. The first kappa shape index (κ1) is 92.9. The van der Waals surface area contributed by atoms with Gasteiger partial charge in [0, 0.05) is 0 Å². The molecule has 4 heterocycles. The highest BCUT2D eigenvalue weighted by molar-refractivity contribution is 5.95. The fraction of sp³-hybridized carbons (Fsp3) is 0.238. The highest BCUT2D eigenvalue weighted by atomic mass is 16.8. The molecule has 0 aliphatic carbocycles. The van der Waals surface area contributed by atoms with Crippen LogP contribution in [-0.4, -0.2) is 230 Å². The Bertz CT molecular complexity index is 5750. The maximum atomic E-state index is 15.1. The van der Waals surface area contributed by atoms with E-state index in [-0.39, 0.29) is 61.2 Å². The minimum absolute atomic E-state index is 0.0299. The molecule has 0 radical (unpaired) electrons. The Morgan fingerprint density at radius 3 is 0.609 bits per heavy atom. The zero-order chi connectivity index (χ0) is 92.7. The summed E-state index contributed by atoms with van der Waals surface area (Å²) in [6, 6.07) is 81.9. The van der Waals surface area contributed by atoms with Crippen LogP contribution in [0.15, 0.2) is 334 Å². The second-order valence-corrected chi connectivity index (χ2v) is 30.5. The quantitative estimate of drug-likeness (QED) is 0.0260. The number of aliphatic hydroxyl groups is 3. The van der Waals surface area contributed by atoms with Crippen molar-refractivity contribution in [3.63, 3.8) is 0 Å². The predicted molar refractivity (Wildman–Crippen MR) is 460 cm³/mol. The first-order valence-electron chi connectivity index (χ1n) is 42.1. The molecule has 11 aromatic carbocycles. The number of benzene rings is 11. The molecule has 4 fully saturated rings. The lowest BCUT2D eigenvalue weighted by atomic mass is 9.96. The number of hydrogen-bond acceptors (Lipinski definition) is 32. The highest BCUT2D eigenvalue weighted by Gasteiger charge is 2.59. The second-order valence-electron chi connectivity index (χ2n) is 30.5. The summed E-state index contributed by atoms with van der Waals surface area (Å²) in [5.41, 5.74) is -0.773. The van der Waals surface area contributed by atoms with E-state index in [9.17, 15) is 58.5 Å². The molecule has 0 bridgehead atoms. The van der Waals surface area contributed by atoms with Crippen LogP contribution in [0.25, 0.3) is 0 Å². The second kappa shape index (κ2) is 44.7. The Morgan fingerprint density at radius 2 is 0.361 bits per heavy atom. The fourth-order valence-corrected chi connectivity index (χ4v) is 14.9. The third-order valence-corrected chi connectivity index (χ3v) is 21.6. The van der Waals surface area contributed by atoms with Gasteiger partial charge in [0.15, 0.2) is 86.2 Å². The molecule has 4 saturated heterocycles. The van der Waals surface area contributed by atoms with Crippen molar-refractivity contribution in [2.24, 2.45) is 0 Å². The number of esters is 11. The largest absolute Gasteiger partial charge is 0.459 e. The van der Waals surface area contributed by atoms with E-state index in [2.05, 4.69) is 0 Å². The van der Waals surface area contributed by atoms with Crippen LogP contribution in [0, 0.1) is 0 Å². The van der Waals surface area contributed by atoms with Crippen LogP contribution in [0.1, 0.15) is 114 Å². The minimum Gasteiger partial charge on any atom is -0.459 e. The van der Waals surface area contributed by atoms with Crippen molar-refractivity contribution in [2.75, 3.05) is 26.4 Å². The maximum Gasteiger partial charge on any atom is 0.338 e. The van der Waals surface area contributed by atoms with Crippen molar-refractivity contribution in [3.8, 4) is 0 Å². The lowest BCUT2D eigenvalue weighted by Crippen LogP contribution is -2.66. The number of carbonyl (C=O) groups excluding carboxylic acids is 11. The van der Waals surface area contributed by atoms with E-state index in [1.165, 1.54) is 243 Å². The van der Waals surface area contributed by atoms with Gasteiger partial charge in [0.2, 0.25) is 0 Å². The third-order valence-electron chi connectivity index (χ3n) is 21.6. The van der Waals surface area contributed by atoms with Gasteiger partial charge >= 0.3 is 65.7 Å². The summed E-state index contributed by atoms with van der Waals surface area (Å²) in [6.07, 6.45) is -41.5. The summed E-state index contributed by atoms with van der Waals surface area (Å²) in [5.74, 6) is -11.9. The summed E-state index contributed by atoms with van der Waals surface area (Å²) in [5, 5.41) is 36.7. The van der Waals surface area contributed by atoms with Crippen LogP contribution >= 0.6 is 0 Å². The smallest absolute Gasteiger partial charge is 0.338 e. The van der Waals surface area contributed by atoms with Crippen LogP contribution < -0.4 is 0 Å². The van der Waals surface area contributed by atoms with Crippen molar-refractivity contribution in [1.29, 1.82) is 0 Å². The summed E-state index contributed by atoms with van der Waals surface area (Å²) in [4.78, 5) is 162. The predicted octanol–water partition coefficient (Wildman–Crippen LogP) is 10.8. The molecule has 15 rings (SSSR count). The molecular weight excluding hydrogens is 1730 g/mol. The van der Waals surface area contributed by atoms with Crippen LogP contribution in [0.4, 0.5) is 0 Å². The Hall–Kier alpha value is -14.8. The van der Waals surface area contributed by atoms with Gasteiger partial charge in [-0.1, -0.05) is 200 Å². The fourth-order valence-electron chi connectivity index (χ4n) is 14.9. The molecule has 0 aromatic heterocycles. The van der Waals surface area contributed by atoms with Gasteiger partial charge < -0.3 is 101 Å². The van der Waals surface area contributed by atoms with Crippen molar-refractivity contribution >= 4 is 65.7 Å². The van der Waals surface area contributed by atoms with E-state index in [0.717, 1.165) is 0 Å². The molecule has 11 aromatic rings. The van der Waals surface area contributed by atoms with Crippen LogP contribution in [0.5, 0.6) is 0 Å². The lowest BCUT2D eigenvalue weighted by molar-refractivity contribution is -0.344. The SMILES string of the molecule is O=C(OC[C@@H]1O[C@H](OC[C@@H]2O[C@H](OC[C@H]3O[C@H](OC[C@H]4O[C@@H](O)[C@H](O)[C@H](OC(=O)c5ccccc5)[C@@H]4OC(=O)c4ccccc4)[C@@H](OC(=O)c4ccccc4)[C@@H](OC(=O)c4ccccc4)C3OC(=O)c3ccccc3)[C@H](O)[C@@H](OC(=O)c3ccccc3)[C@@H]2OC(=O)c2ccccc2)[C@H](OC(=O)c2ccccc2)[C@@H](OC(=O)c2ccccc2)[C@@H]1OC(=O)c1ccccc1)c1ccccc1. The summed E-state index contributed by atoms with van der Waals surface area (Å²) in [7, 11) is 0. The van der Waals surface area contributed by atoms with Crippen molar-refractivity contribution < 1.29 is 153 Å². The minimum atomic E-state index is -2.36. The molecule has 133 heavy (non-hydrogen) atoms. The van der Waals surface area contributed by atoms with Crippen molar-refractivity contribution in [3.05, 3.63) is 395 Å². The zero-order valence-corrected chi connectivity index (χ0v) is 70.3. The number of ether oxygens (including phenoxy) is 18. The van der Waals surface area contributed by atoms with Crippen molar-refractivity contribution in [1.82, 2.24) is 0 Å². The van der Waals surface area contributed by atoms with E-state index < -0.39 is 215 Å². The highest BCUT2D eigenvalue weighted by Crippen LogP contribution is 2.39. The molecule has 3 N–H and O–H groups in total. The Labute approximate surface area is 759 Å². The Kier molecular flexibility index (Phi) is 31.2. The molecule has 0 spiro atoms. The van der Waals surface area contributed by atoms with Crippen LogP contribution in [0.2, 0.25) is 0 Å². The molecule has 682 valence electrons. The van der Waals surface area contributed by atoms with Gasteiger partial charge in [-0.15, -0.1) is 0 Å². The molecule has 32 heteroatoms. The molecule has 20 atom stereocenters. The van der Waals surface area contributed by atoms with Gasteiger partial charge in [0.05, 0.1) is 81.0 Å². The average molecular weight is 1810 g/mol. The van der Waals surface area contributed by atoms with Crippen LogP contribution in [-0.2, 0) is 85.3 Å². The number of aliphatic hydroxyl groups excluding tert-OH is 3. The summed E-state index contributed by atoms with van der Waals surface area (Å²) in [6.45, 7) is -3.96. The lowest BCUT2D eigenvalue weighted by Gasteiger charge is -2.47. The van der Waals surface area contributed by atoms with Gasteiger partial charge in [-0.2, -0.15) is 0 Å². The van der Waals surface area contributed by atoms with E-state index in [1.807, 2.05) is 0 Å². The van der Waals surface area contributed by atoms with E-state index in [1.54, 1.807) is 91.0 Å². The first-order valence-corrected chi connectivity index (χ1v) is 42.1. The molecule has 4 aliphatic heterocycles. The Balaban J connectivity index is 0.840. The molecule has 1 unspecified atom stereocenters. The van der Waals surface area contributed by atoms with Gasteiger partial charge in [-0.3, -0.25) is 0 Å². The van der Waals surface area contributed by atoms with Gasteiger partial charge in [0.25, 0.3) is 0 Å². The number of carbonyl (C=O) groups is 11. The maximum absolute atomic E-state index is 15.1. The zero-order valence-electron chi connectivity index (χ0n) is 70.3. The molecule has 0 saturated carbocycles. The third kappa shape index (κ3) is 23.5. The standard InChI is InChI=1S/C101H86O32/c102-75-81(128-92(109)65-44-22-6-23-45-65)77(124-88(105)61-36-14-2-15-37-61)71(120-98(75)115)57-118-100-86(133-97(114)70-54-32-11-33-55-70)84(131-95(112)68-50-28-9-29-51-68)80(127-91(108)64-42-20-5-21-43-64)74(123-100)58-117-99-76(103)82(129-93(110)66-46-24-7-25-47-66)78(125-89(106)62-38-16-3-17-39-62)73(121-99)59-119-101-85(132-96(113)69-52-30-10-31-53-69)83(130-94(111)67-48-26-8-27-49-67)79(126-90(107)63-40-18-4-19-41-63)72(122-101)56-116-87(104)60-34-12-1-13-35-60/h1-55,71-86,98-103,115H,56-59H2/t71-,72+,73+,74-,75-,76-,77-,78-,79-,80?,81+,82-,83+,84+,85-,86+,98-,99+,100+,101+/m1/s1.